The Morgan fingerprint density at radius 3 is 3.00 bits per heavy atom. The fourth-order valence-electron chi connectivity index (χ4n) is 3.06. The van der Waals surface area contributed by atoms with E-state index in [1.54, 1.807) is 6.92 Å². The molecule has 0 aliphatic heterocycles. The number of fused-ring (bicyclic) bond motifs is 3. The number of nitrogens with two attached hydrogens (primary N) is 1. The number of carbonyl (C=O) groups is 1. The number of hydrogen-bond acceptors (Lipinski definition) is 2. The molecule has 4 atom stereocenters. The molecule has 3 rings (SSSR count). The molecule has 2 aliphatic rings. The van der Waals surface area contributed by atoms with E-state index in [1.807, 2.05) is 0 Å². The van der Waals surface area contributed by atoms with Gasteiger partial charge in [0.25, 0.3) is 0 Å². The van der Waals surface area contributed by atoms with Crippen LogP contribution in [0.5, 0.6) is 0 Å². The molecule has 90 valence electrons. The highest BCUT2D eigenvalue weighted by molar-refractivity contribution is 5.82. The number of rotatable bonds is 2. The second kappa shape index (κ2) is 3.84. The molecule has 1 aromatic carbocycles. The quantitative estimate of drug-likeness (QED) is 0.801. The normalized spacial score (nSPS) is 31.1. The molecule has 0 aromatic heterocycles. The van der Waals surface area contributed by atoms with Crippen LogP contribution in [-0.2, 0) is 11.2 Å². The fraction of sp³-hybridized carbons (Fsp3) is 0.500. The van der Waals surface area contributed by atoms with Crippen molar-refractivity contribution in [3.63, 3.8) is 0 Å². The largest absolute Gasteiger partial charge is 0.351 e. The standard InChI is InChI=1S/C14H18N2O/c1-8(15)14(17)16-13-11-7-6-9-4-2-3-5-10(9)12(11)13/h2-5,8,11-13H,6-7,15H2,1H3,(H,16,17)/t8-,11?,12?,13?/m1/s1. The van der Waals surface area contributed by atoms with Gasteiger partial charge in [-0.1, -0.05) is 24.3 Å². The summed E-state index contributed by atoms with van der Waals surface area (Å²) < 4.78 is 0. The second-order valence-electron chi connectivity index (χ2n) is 5.25. The van der Waals surface area contributed by atoms with E-state index < -0.39 is 6.04 Å². The molecule has 0 spiro atoms. The van der Waals surface area contributed by atoms with Crippen molar-refractivity contribution in [1.29, 1.82) is 0 Å². The van der Waals surface area contributed by atoms with E-state index in [-0.39, 0.29) is 5.91 Å². The van der Waals surface area contributed by atoms with Gasteiger partial charge in [0.1, 0.15) is 0 Å². The summed E-state index contributed by atoms with van der Waals surface area (Å²) in [5, 5.41) is 3.07. The minimum atomic E-state index is -0.409. The first kappa shape index (κ1) is 10.8. The number of amides is 1. The van der Waals surface area contributed by atoms with Crippen LogP contribution in [0.4, 0.5) is 0 Å². The van der Waals surface area contributed by atoms with Gasteiger partial charge in [-0.2, -0.15) is 0 Å². The molecule has 2 aliphatic carbocycles. The van der Waals surface area contributed by atoms with Gasteiger partial charge in [-0.15, -0.1) is 0 Å². The van der Waals surface area contributed by atoms with Gasteiger partial charge in [0.05, 0.1) is 6.04 Å². The van der Waals surface area contributed by atoms with Crippen LogP contribution in [0.15, 0.2) is 24.3 Å². The summed E-state index contributed by atoms with van der Waals surface area (Å²) in [5.74, 6) is 1.14. The zero-order valence-corrected chi connectivity index (χ0v) is 10.0. The lowest BCUT2D eigenvalue weighted by Gasteiger charge is -2.13. The lowest BCUT2D eigenvalue weighted by Crippen LogP contribution is -2.40. The van der Waals surface area contributed by atoms with Crippen LogP contribution in [-0.4, -0.2) is 18.0 Å². The number of carbonyl (C=O) groups excluding carboxylic acids is 1. The van der Waals surface area contributed by atoms with Crippen molar-refractivity contribution in [2.75, 3.05) is 0 Å². The third-order valence-corrected chi connectivity index (χ3v) is 4.05. The number of nitrogens with one attached hydrogen (secondary N) is 1. The lowest BCUT2D eigenvalue weighted by atomic mass is 9.92. The minimum Gasteiger partial charge on any atom is -0.351 e. The van der Waals surface area contributed by atoms with E-state index in [0.29, 0.717) is 17.9 Å². The minimum absolute atomic E-state index is 0.0260. The van der Waals surface area contributed by atoms with Gasteiger partial charge >= 0.3 is 0 Å². The fourth-order valence-corrected chi connectivity index (χ4v) is 3.06. The number of hydrogen-bond donors (Lipinski definition) is 2. The summed E-state index contributed by atoms with van der Waals surface area (Å²) in [6, 6.07) is 8.49. The smallest absolute Gasteiger partial charge is 0.236 e. The van der Waals surface area contributed by atoms with E-state index in [9.17, 15) is 4.79 Å². The highest BCUT2D eigenvalue weighted by Crippen LogP contribution is 2.54. The van der Waals surface area contributed by atoms with E-state index in [1.165, 1.54) is 17.5 Å². The maximum absolute atomic E-state index is 11.6. The Hall–Kier alpha value is -1.35. The summed E-state index contributed by atoms with van der Waals surface area (Å²) in [5.41, 5.74) is 8.46. The Morgan fingerprint density at radius 2 is 2.24 bits per heavy atom. The molecular formula is C14H18N2O. The van der Waals surface area contributed by atoms with Crippen LogP contribution in [0.1, 0.15) is 30.4 Å². The Kier molecular flexibility index (Phi) is 2.44. The molecule has 3 N–H and O–H groups in total. The molecule has 0 bridgehead atoms. The topological polar surface area (TPSA) is 55.1 Å². The Balaban J connectivity index is 1.76. The highest BCUT2D eigenvalue weighted by atomic mass is 16.2. The molecule has 3 nitrogen and oxygen atoms in total. The van der Waals surface area contributed by atoms with Gasteiger partial charge in [0.2, 0.25) is 5.91 Å². The lowest BCUT2D eigenvalue weighted by molar-refractivity contribution is -0.122. The van der Waals surface area contributed by atoms with Gasteiger partial charge in [-0.05, 0) is 36.8 Å². The molecular weight excluding hydrogens is 212 g/mol. The highest BCUT2D eigenvalue weighted by Gasteiger charge is 2.53. The van der Waals surface area contributed by atoms with Crippen LogP contribution < -0.4 is 11.1 Å². The molecule has 0 saturated heterocycles. The van der Waals surface area contributed by atoms with E-state index >= 15 is 0 Å². The van der Waals surface area contributed by atoms with E-state index in [0.717, 1.165) is 6.42 Å². The average molecular weight is 230 g/mol. The maximum Gasteiger partial charge on any atom is 0.236 e. The van der Waals surface area contributed by atoms with Gasteiger partial charge in [0, 0.05) is 12.0 Å². The van der Waals surface area contributed by atoms with Crippen molar-refractivity contribution in [2.24, 2.45) is 11.7 Å². The maximum atomic E-state index is 11.6. The Labute approximate surface area is 101 Å². The molecule has 1 amide bonds. The summed E-state index contributed by atoms with van der Waals surface area (Å²) in [7, 11) is 0. The first-order valence-corrected chi connectivity index (χ1v) is 6.32. The van der Waals surface area contributed by atoms with Gasteiger partial charge in [-0.3, -0.25) is 4.79 Å². The van der Waals surface area contributed by atoms with Gasteiger partial charge in [0.15, 0.2) is 0 Å². The summed E-state index contributed by atoms with van der Waals surface area (Å²) >= 11 is 0. The summed E-state index contributed by atoms with van der Waals surface area (Å²) in [6.45, 7) is 1.73. The van der Waals surface area contributed by atoms with Crippen molar-refractivity contribution >= 4 is 5.91 Å². The predicted molar refractivity (Wildman–Crippen MR) is 66.6 cm³/mol. The third-order valence-electron chi connectivity index (χ3n) is 4.05. The summed E-state index contributed by atoms with van der Waals surface area (Å²) in [4.78, 5) is 11.6. The molecule has 1 aromatic rings. The van der Waals surface area contributed by atoms with Crippen molar-refractivity contribution in [3.05, 3.63) is 35.4 Å². The molecule has 0 radical (unpaired) electrons. The van der Waals surface area contributed by atoms with Crippen molar-refractivity contribution < 1.29 is 4.79 Å². The number of aryl methyl sites for hydroxylation is 1. The molecule has 3 unspecified atom stereocenters. The monoisotopic (exact) mass is 230 g/mol. The molecule has 3 heteroatoms. The molecule has 0 heterocycles. The predicted octanol–water partition coefficient (Wildman–Crippen LogP) is 1.18. The van der Waals surface area contributed by atoms with Crippen LogP contribution in [0.3, 0.4) is 0 Å². The molecule has 1 saturated carbocycles. The van der Waals surface area contributed by atoms with E-state index in [4.69, 9.17) is 5.73 Å². The third kappa shape index (κ3) is 1.75. The van der Waals surface area contributed by atoms with Gasteiger partial charge < -0.3 is 11.1 Å². The van der Waals surface area contributed by atoms with Crippen LogP contribution in [0.2, 0.25) is 0 Å². The Morgan fingerprint density at radius 1 is 1.47 bits per heavy atom. The van der Waals surface area contributed by atoms with E-state index in [2.05, 4.69) is 29.6 Å². The molecule has 17 heavy (non-hydrogen) atoms. The van der Waals surface area contributed by atoms with Gasteiger partial charge in [-0.25, -0.2) is 0 Å². The Bertz CT molecular complexity index is 455. The first-order chi connectivity index (χ1) is 8.18. The zero-order valence-electron chi connectivity index (χ0n) is 10.0. The zero-order chi connectivity index (χ0) is 12.0. The van der Waals surface area contributed by atoms with Crippen molar-refractivity contribution in [2.45, 2.75) is 37.8 Å². The van der Waals surface area contributed by atoms with Crippen LogP contribution >= 0.6 is 0 Å². The second-order valence-corrected chi connectivity index (χ2v) is 5.25. The van der Waals surface area contributed by atoms with Crippen LogP contribution in [0, 0.1) is 5.92 Å². The average Bonchev–Trinajstić information content (AvgIpc) is 3.03. The molecule has 1 fully saturated rings. The van der Waals surface area contributed by atoms with Crippen LogP contribution in [0.25, 0.3) is 0 Å². The summed E-state index contributed by atoms with van der Waals surface area (Å²) in [6.07, 6.45) is 2.33. The number of benzene rings is 1. The SMILES string of the molecule is C[C@@H](N)C(=O)NC1C2CCc3ccccc3C21. The first-order valence-electron chi connectivity index (χ1n) is 6.32. The van der Waals surface area contributed by atoms with Crippen molar-refractivity contribution in [1.82, 2.24) is 5.32 Å². The van der Waals surface area contributed by atoms with Crippen molar-refractivity contribution in [3.8, 4) is 0 Å².